The average molecular weight is 344 g/mol. The van der Waals surface area contributed by atoms with E-state index in [0.717, 1.165) is 38.8 Å². The molecule has 0 aromatic heterocycles. The van der Waals surface area contributed by atoms with Crippen LogP contribution in [0.25, 0.3) is 0 Å². The summed E-state index contributed by atoms with van der Waals surface area (Å²) in [5.74, 6) is 0.125. The van der Waals surface area contributed by atoms with Crippen LogP contribution in [-0.4, -0.2) is 54.0 Å². The van der Waals surface area contributed by atoms with Crippen LogP contribution in [0.2, 0.25) is 0 Å². The van der Waals surface area contributed by atoms with Crippen molar-refractivity contribution in [2.45, 2.75) is 64.5 Å². The molecule has 2 aliphatic heterocycles. The number of nitrogens with two attached hydrogens (primary N) is 1. The fourth-order valence-corrected chi connectivity index (χ4v) is 4.21. The van der Waals surface area contributed by atoms with Crippen molar-refractivity contribution in [1.82, 2.24) is 9.80 Å². The second kappa shape index (κ2) is 8.33. The van der Waals surface area contributed by atoms with E-state index in [4.69, 9.17) is 5.73 Å². The van der Waals surface area contributed by atoms with Gasteiger partial charge in [-0.25, -0.2) is 0 Å². The predicted molar refractivity (Wildman–Crippen MR) is 103 cm³/mol. The molecule has 1 aromatic carbocycles. The first-order valence-corrected chi connectivity index (χ1v) is 10.0. The molecule has 0 radical (unpaired) electrons. The summed E-state index contributed by atoms with van der Waals surface area (Å²) in [6.07, 6.45) is 6.26. The summed E-state index contributed by atoms with van der Waals surface area (Å²) in [7, 11) is 0. The smallest absolute Gasteiger partial charge is 0.239 e. The fraction of sp³-hybridized carbons (Fsp3) is 0.667. The van der Waals surface area contributed by atoms with Gasteiger partial charge in [-0.2, -0.15) is 0 Å². The third-order valence-electron chi connectivity index (χ3n) is 5.99. The van der Waals surface area contributed by atoms with Crippen molar-refractivity contribution in [1.29, 1.82) is 0 Å². The number of rotatable bonds is 6. The molecular formula is C21H33N3O. The summed E-state index contributed by atoms with van der Waals surface area (Å²) in [6.45, 7) is 8.58. The third-order valence-corrected chi connectivity index (χ3v) is 5.99. The number of benzene rings is 1. The molecule has 0 spiro atoms. The van der Waals surface area contributed by atoms with Crippen molar-refractivity contribution >= 4 is 5.91 Å². The van der Waals surface area contributed by atoms with Gasteiger partial charge in [-0.3, -0.25) is 4.79 Å². The van der Waals surface area contributed by atoms with E-state index < -0.39 is 6.04 Å². The Morgan fingerprint density at radius 1 is 1.12 bits per heavy atom. The maximum absolute atomic E-state index is 12.7. The zero-order chi connectivity index (χ0) is 17.8. The molecular weight excluding hydrogens is 310 g/mol. The monoisotopic (exact) mass is 343 g/mol. The number of amides is 1. The van der Waals surface area contributed by atoms with E-state index in [2.05, 4.69) is 36.9 Å². The fourth-order valence-electron chi connectivity index (χ4n) is 4.21. The summed E-state index contributed by atoms with van der Waals surface area (Å²) < 4.78 is 0. The van der Waals surface area contributed by atoms with Crippen LogP contribution in [0, 0.1) is 0 Å². The lowest BCUT2D eigenvalue weighted by molar-refractivity contribution is -0.134. The highest BCUT2D eigenvalue weighted by molar-refractivity contribution is 5.82. The Morgan fingerprint density at radius 3 is 2.36 bits per heavy atom. The standard InChI is InChI=1S/C21H33N3O/c1-3-17-7-6-16(14-18(17)4-2)15-20(22)21(25)24-12-8-19(9-13-24)23-10-5-11-23/h6-7,14,19-20H,3-5,8-13,15,22H2,1-2H3/t20-/m1/s1. The number of nitrogens with zero attached hydrogens (tertiary/aromatic N) is 2. The number of carbonyl (C=O) groups is 1. The molecule has 1 atom stereocenters. The zero-order valence-corrected chi connectivity index (χ0v) is 15.8. The van der Waals surface area contributed by atoms with Crippen LogP contribution in [0.1, 0.15) is 49.8 Å². The first-order valence-electron chi connectivity index (χ1n) is 10.0. The largest absolute Gasteiger partial charge is 0.341 e. The number of likely N-dealkylation sites (tertiary alicyclic amines) is 2. The molecule has 3 rings (SSSR count). The topological polar surface area (TPSA) is 49.6 Å². The van der Waals surface area contributed by atoms with Crippen LogP contribution in [0.15, 0.2) is 18.2 Å². The summed E-state index contributed by atoms with van der Waals surface area (Å²) in [5, 5.41) is 0. The minimum Gasteiger partial charge on any atom is -0.341 e. The molecule has 2 heterocycles. The molecule has 1 aromatic rings. The van der Waals surface area contributed by atoms with Crippen LogP contribution >= 0.6 is 0 Å². The molecule has 0 aliphatic carbocycles. The minimum absolute atomic E-state index is 0.125. The molecule has 0 saturated carbocycles. The van der Waals surface area contributed by atoms with Crippen LogP contribution in [0.4, 0.5) is 0 Å². The highest BCUT2D eigenvalue weighted by Crippen LogP contribution is 2.22. The molecule has 2 aliphatic rings. The SMILES string of the molecule is CCc1ccc(C[C@@H](N)C(=O)N2CCC(N3CCC3)CC2)cc1CC. The molecule has 25 heavy (non-hydrogen) atoms. The van der Waals surface area contributed by atoms with E-state index in [0.29, 0.717) is 12.5 Å². The molecule has 2 saturated heterocycles. The van der Waals surface area contributed by atoms with Crippen LogP contribution in [-0.2, 0) is 24.1 Å². The number of aryl methyl sites for hydroxylation is 2. The van der Waals surface area contributed by atoms with E-state index >= 15 is 0 Å². The van der Waals surface area contributed by atoms with Crippen molar-refractivity contribution in [3.63, 3.8) is 0 Å². The molecule has 138 valence electrons. The van der Waals surface area contributed by atoms with Gasteiger partial charge < -0.3 is 15.5 Å². The number of hydrogen-bond donors (Lipinski definition) is 1. The Balaban J connectivity index is 1.54. The van der Waals surface area contributed by atoms with Crippen molar-refractivity contribution in [3.8, 4) is 0 Å². The van der Waals surface area contributed by atoms with Gasteiger partial charge in [-0.1, -0.05) is 32.0 Å². The molecule has 4 nitrogen and oxygen atoms in total. The molecule has 2 fully saturated rings. The second-order valence-electron chi connectivity index (χ2n) is 7.57. The summed E-state index contributed by atoms with van der Waals surface area (Å²) in [5.41, 5.74) is 10.2. The molecule has 2 N–H and O–H groups in total. The number of carbonyl (C=O) groups excluding carboxylic acids is 1. The van der Waals surface area contributed by atoms with Gasteiger partial charge in [-0.15, -0.1) is 0 Å². The minimum atomic E-state index is -0.419. The van der Waals surface area contributed by atoms with Crippen LogP contribution < -0.4 is 5.73 Å². The first kappa shape index (κ1) is 18.4. The third kappa shape index (κ3) is 4.24. The average Bonchev–Trinajstić information content (AvgIpc) is 2.60. The summed E-state index contributed by atoms with van der Waals surface area (Å²) in [4.78, 5) is 17.3. The molecule has 0 unspecified atom stereocenters. The van der Waals surface area contributed by atoms with E-state index in [-0.39, 0.29) is 5.91 Å². The van der Waals surface area contributed by atoms with E-state index in [1.807, 2.05) is 4.90 Å². The second-order valence-corrected chi connectivity index (χ2v) is 7.57. The highest BCUT2D eigenvalue weighted by Gasteiger charge is 2.31. The lowest BCUT2D eigenvalue weighted by Crippen LogP contribution is -2.54. The van der Waals surface area contributed by atoms with Gasteiger partial charge in [0.05, 0.1) is 6.04 Å². The predicted octanol–water partition coefficient (Wildman–Crippen LogP) is 2.38. The van der Waals surface area contributed by atoms with Crippen LogP contribution in [0.3, 0.4) is 0 Å². The normalized spacial score (nSPS) is 20.4. The highest BCUT2D eigenvalue weighted by atomic mass is 16.2. The van der Waals surface area contributed by atoms with E-state index in [1.54, 1.807) is 0 Å². The lowest BCUT2D eigenvalue weighted by Gasteiger charge is -2.43. The van der Waals surface area contributed by atoms with Gasteiger partial charge >= 0.3 is 0 Å². The van der Waals surface area contributed by atoms with Crippen molar-refractivity contribution in [2.75, 3.05) is 26.2 Å². The van der Waals surface area contributed by atoms with E-state index in [1.165, 1.54) is 36.2 Å². The quantitative estimate of drug-likeness (QED) is 0.863. The zero-order valence-electron chi connectivity index (χ0n) is 15.8. The van der Waals surface area contributed by atoms with Crippen molar-refractivity contribution in [2.24, 2.45) is 5.73 Å². The summed E-state index contributed by atoms with van der Waals surface area (Å²) >= 11 is 0. The number of hydrogen-bond acceptors (Lipinski definition) is 3. The first-order chi connectivity index (χ1) is 12.1. The summed E-state index contributed by atoms with van der Waals surface area (Å²) in [6, 6.07) is 6.84. The van der Waals surface area contributed by atoms with Gasteiger partial charge in [0.15, 0.2) is 0 Å². The maximum Gasteiger partial charge on any atom is 0.239 e. The molecule has 4 heteroatoms. The maximum atomic E-state index is 12.7. The Hall–Kier alpha value is -1.39. The van der Waals surface area contributed by atoms with Gasteiger partial charge in [-0.05, 0) is 68.3 Å². The Morgan fingerprint density at radius 2 is 1.80 bits per heavy atom. The van der Waals surface area contributed by atoms with Gasteiger partial charge in [0.25, 0.3) is 0 Å². The number of piperidine rings is 1. The van der Waals surface area contributed by atoms with Crippen LogP contribution in [0.5, 0.6) is 0 Å². The Bertz CT molecular complexity index is 589. The Kier molecular flexibility index (Phi) is 6.13. The Labute approximate surface area is 152 Å². The molecule has 0 bridgehead atoms. The molecule has 1 amide bonds. The lowest BCUT2D eigenvalue weighted by atomic mass is 9.96. The van der Waals surface area contributed by atoms with Crippen molar-refractivity contribution < 1.29 is 4.79 Å². The van der Waals surface area contributed by atoms with E-state index in [9.17, 15) is 4.79 Å². The van der Waals surface area contributed by atoms with Gasteiger partial charge in [0.1, 0.15) is 0 Å². The van der Waals surface area contributed by atoms with Gasteiger partial charge in [0, 0.05) is 19.1 Å². The van der Waals surface area contributed by atoms with Gasteiger partial charge in [0.2, 0.25) is 5.91 Å². The van der Waals surface area contributed by atoms with Crippen molar-refractivity contribution in [3.05, 3.63) is 34.9 Å².